The Labute approximate surface area is 111 Å². The molecule has 0 radical (unpaired) electrons. The van der Waals surface area contributed by atoms with Crippen LogP contribution in [-0.4, -0.2) is 30.1 Å². The van der Waals surface area contributed by atoms with Gasteiger partial charge in [0.1, 0.15) is 11.6 Å². The lowest BCUT2D eigenvalue weighted by atomic mass is 10.2. The van der Waals surface area contributed by atoms with Gasteiger partial charge in [-0.15, -0.1) is 0 Å². The van der Waals surface area contributed by atoms with E-state index in [1.54, 1.807) is 56.7 Å². The van der Waals surface area contributed by atoms with E-state index >= 15 is 0 Å². The molecule has 0 bridgehead atoms. The van der Waals surface area contributed by atoms with Crippen LogP contribution < -0.4 is 10.2 Å². The zero-order valence-corrected chi connectivity index (χ0v) is 10.8. The molecule has 0 aliphatic carbocycles. The number of anilines is 2. The largest absolute Gasteiger partial charge is 0.508 e. The van der Waals surface area contributed by atoms with Crippen molar-refractivity contribution in [2.75, 3.05) is 24.3 Å². The summed E-state index contributed by atoms with van der Waals surface area (Å²) >= 11 is 0. The third kappa shape index (κ3) is 2.65. The number of hydrogen-bond acceptors (Lipinski definition) is 4. The number of nitrogens with zero attached hydrogens (tertiary/aromatic N) is 2. The second-order valence-electron chi connectivity index (χ2n) is 4.03. The predicted molar refractivity (Wildman–Crippen MR) is 74.6 cm³/mol. The topological polar surface area (TPSA) is 65.5 Å². The average molecular weight is 257 g/mol. The maximum absolute atomic E-state index is 12.4. The number of aromatic nitrogens is 1. The molecule has 2 N–H and O–H groups in total. The van der Waals surface area contributed by atoms with Crippen molar-refractivity contribution < 1.29 is 9.90 Å². The van der Waals surface area contributed by atoms with Crippen LogP contribution in [0.25, 0.3) is 0 Å². The fourth-order valence-corrected chi connectivity index (χ4v) is 1.75. The SMILES string of the molecule is CNc1ncccc1C(=O)N(C)c1ccc(O)cc1. The Morgan fingerprint density at radius 3 is 2.58 bits per heavy atom. The number of nitrogens with one attached hydrogen (secondary N) is 1. The zero-order chi connectivity index (χ0) is 13.8. The predicted octanol–water partition coefficient (Wildman–Crippen LogP) is 2.11. The van der Waals surface area contributed by atoms with Crippen LogP contribution in [0.2, 0.25) is 0 Å². The Kier molecular flexibility index (Phi) is 3.66. The molecule has 0 fully saturated rings. The van der Waals surface area contributed by atoms with Crippen LogP contribution in [0.1, 0.15) is 10.4 Å². The summed E-state index contributed by atoms with van der Waals surface area (Å²) in [6, 6.07) is 9.89. The van der Waals surface area contributed by atoms with E-state index in [1.165, 1.54) is 4.90 Å². The molecule has 0 spiro atoms. The highest BCUT2D eigenvalue weighted by Crippen LogP contribution is 2.21. The molecule has 0 saturated heterocycles. The van der Waals surface area contributed by atoms with Gasteiger partial charge in [0.25, 0.3) is 5.91 Å². The number of hydrogen-bond donors (Lipinski definition) is 2. The van der Waals surface area contributed by atoms with Gasteiger partial charge in [0, 0.05) is 26.0 Å². The molecule has 98 valence electrons. The van der Waals surface area contributed by atoms with Crippen molar-refractivity contribution in [3.8, 4) is 5.75 Å². The first-order valence-corrected chi connectivity index (χ1v) is 5.83. The van der Waals surface area contributed by atoms with Gasteiger partial charge in [-0.2, -0.15) is 0 Å². The van der Waals surface area contributed by atoms with E-state index in [9.17, 15) is 9.90 Å². The molecule has 0 unspecified atom stereocenters. The fraction of sp³-hybridized carbons (Fsp3) is 0.143. The number of carbonyl (C=O) groups is 1. The van der Waals surface area contributed by atoms with E-state index in [0.717, 1.165) is 0 Å². The van der Waals surface area contributed by atoms with Crippen molar-refractivity contribution in [2.24, 2.45) is 0 Å². The Bertz CT molecular complexity index is 581. The van der Waals surface area contributed by atoms with Gasteiger partial charge in [-0.1, -0.05) is 0 Å². The lowest BCUT2D eigenvalue weighted by molar-refractivity contribution is 0.0993. The maximum Gasteiger partial charge on any atom is 0.261 e. The third-order valence-electron chi connectivity index (χ3n) is 2.82. The van der Waals surface area contributed by atoms with Crippen LogP contribution in [0.3, 0.4) is 0 Å². The summed E-state index contributed by atoms with van der Waals surface area (Å²) in [7, 11) is 3.40. The van der Waals surface area contributed by atoms with Gasteiger partial charge in [-0.3, -0.25) is 4.79 Å². The molecular weight excluding hydrogens is 242 g/mol. The molecule has 1 aromatic heterocycles. The summed E-state index contributed by atoms with van der Waals surface area (Å²) in [5.41, 5.74) is 1.20. The van der Waals surface area contributed by atoms with E-state index in [0.29, 0.717) is 17.1 Å². The quantitative estimate of drug-likeness (QED) is 0.883. The van der Waals surface area contributed by atoms with E-state index in [-0.39, 0.29) is 11.7 Å². The Morgan fingerprint density at radius 1 is 1.26 bits per heavy atom. The number of carbonyl (C=O) groups excluding carboxylic acids is 1. The second kappa shape index (κ2) is 5.39. The Balaban J connectivity index is 2.30. The van der Waals surface area contributed by atoms with Crippen LogP contribution in [0.15, 0.2) is 42.6 Å². The van der Waals surface area contributed by atoms with Gasteiger partial charge in [0.15, 0.2) is 0 Å². The Hall–Kier alpha value is -2.56. The van der Waals surface area contributed by atoms with Crippen molar-refractivity contribution in [1.29, 1.82) is 0 Å². The first-order valence-electron chi connectivity index (χ1n) is 5.83. The number of benzene rings is 1. The highest BCUT2D eigenvalue weighted by atomic mass is 16.3. The number of rotatable bonds is 3. The molecule has 0 saturated carbocycles. The van der Waals surface area contributed by atoms with E-state index < -0.39 is 0 Å². The summed E-state index contributed by atoms with van der Waals surface area (Å²) < 4.78 is 0. The molecule has 1 aromatic carbocycles. The average Bonchev–Trinajstić information content (AvgIpc) is 2.46. The van der Waals surface area contributed by atoms with Crippen LogP contribution in [0, 0.1) is 0 Å². The van der Waals surface area contributed by atoms with Gasteiger partial charge in [0.2, 0.25) is 0 Å². The maximum atomic E-state index is 12.4. The Morgan fingerprint density at radius 2 is 1.95 bits per heavy atom. The van der Waals surface area contributed by atoms with E-state index in [4.69, 9.17) is 0 Å². The van der Waals surface area contributed by atoms with Crippen LogP contribution in [0.5, 0.6) is 5.75 Å². The minimum Gasteiger partial charge on any atom is -0.508 e. The lowest BCUT2D eigenvalue weighted by Crippen LogP contribution is -2.27. The highest BCUT2D eigenvalue weighted by Gasteiger charge is 2.17. The summed E-state index contributed by atoms with van der Waals surface area (Å²) in [5, 5.41) is 12.1. The van der Waals surface area contributed by atoms with Crippen LogP contribution in [-0.2, 0) is 0 Å². The molecular formula is C14H15N3O2. The molecule has 0 aliphatic rings. The van der Waals surface area contributed by atoms with Crippen molar-refractivity contribution in [3.05, 3.63) is 48.2 Å². The molecule has 2 rings (SSSR count). The minimum absolute atomic E-state index is 0.164. The van der Waals surface area contributed by atoms with Gasteiger partial charge in [0.05, 0.1) is 5.56 Å². The van der Waals surface area contributed by atoms with Crippen molar-refractivity contribution in [1.82, 2.24) is 4.98 Å². The molecule has 5 nitrogen and oxygen atoms in total. The minimum atomic E-state index is -0.164. The normalized spacial score (nSPS) is 10.0. The molecule has 5 heteroatoms. The summed E-state index contributed by atoms with van der Waals surface area (Å²) in [4.78, 5) is 18.0. The zero-order valence-electron chi connectivity index (χ0n) is 10.8. The molecule has 0 aliphatic heterocycles. The molecule has 0 atom stereocenters. The van der Waals surface area contributed by atoms with Crippen molar-refractivity contribution >= 4 is 17.4 Å². The first kappa shape index (κ1) is 12.9. The summed E-state index contributed by atoms with van der Waals surface area (Å²) in [6.07, 6.45) is 1.63. The number of phenolic OH excluding ortho intramolecular Hbond substituents is 1. The standard InChI is InChI=1S/C14H15N3O2/c1-15-13-12(4-3-9-16-13)14(19)17(2)10-5-7-11(18)8-6-10/h3-9,18H,1-2H3,(H,15,16). The summed E-state index contributed by atoms with van der Waals surface area (Å²) in [6.45, 7) is 0. The molecule has 2 aromatic rings. The van der Waals surface area contributed by atoms with E-state index in [1.807, 2.05) is 0 Å². The van der Waals surface area contributed by atoms with Crippen LogP contribution in [0.4, 0.5) is 11.5 Å². The first-order chi connectivity index (χ1) is 9.13. The monoisotopic (exact) mass is 257 g/mol. The second-order valence-corrected chi connectivity index (χ2v) is 4.03. The molecule has 1 amide bonds. The fourth-order valence-electron chi connectivity index (χ4n) is 1.75. The van der Waals surface area contributed by atoms with Gasteiger partial charge in [-0.25, -0.2) is 4.98 Å². The molecule has 1 heterocycles. The summed E-state index contributed by atoms with van der Waals surface area (Å²) in [5.74, 6) is 0.545. The number of aromatic hydroxyl groups is 1. The molecule has 19 heavy (non-hydrogen) atoms. The number of pyridine rings is 1. The number of phenols is 1. The van der Waals surface area contributed by atoms with E-state index in [2.05, 4.69) is 10.3 Å². The number of amides is 1. The highest BCUT2D eigenvalue weighted by molar-refractivity contribution is 6.08. The van der Waals surface area contributed by atoms with Crippen LogP contribution >= 0.6 is 0 Å². The van der Waals surface area contributed by atoms with Gasteiger partial charge < -0.3 is 15.3 Å². The van der Waals surface area contributed by atoms with Crippen molar-refractivity contribution in [2.45, 2.75) is 0 Å². The third-order valence-corrected chi connectivity index (χ3v) is 2.82. The van der Waals surface area contributed by atoms with Crippen molar-refractivity contribution in [3.63, 3.8) is 0 Å². The van der Waals surface area contributed by atoms with Gasteiger partial charge in [-0.05, 0) is 36.4 Å². The van der Waals surface area contributed by atoms with Gasteiger partial charge >= 0.3 is 0 Å². The lowest BCUT2D eigenvalue weighted by Gasteiger charge is -2.18. The smallest absolute Gasteiger partial charge is 0.261 e.